The van der Waals surface area contributed by atoms with Crippen molar-refractivity contribution in [3.05, 3.63) is 54.1 Å². The third-order valence-electron chi connectivity index (χ3n) is 4.80. The van der Waals surface area contributed by atoms with E-state index in [2.05, 4.69) is 16.8 Å². The molecule has 0 atom stereocenters. The Kier molecular flexibility index (Phi) is 4.19. The summed E-state index contributed by atoms with van der Waals surface area (Å²) >= 11 is 6.11. The minimum atomic E-state index is -0.453. The second-order valence-corrected chi connectivity index (χ2v) is 6.84. The van der Waals surface area contributed by atoms with Gasteiger partial charge in [0, 0.05) is 24.0 Å². The maximum Gasteiger partial charge on any atom is 0.250 e. The van der Waals surface area contributed by atoms with Crippen LogP contribution in [-0.4, -0.2) is 33.2 Å². The van der Waals surface area contributed by atoms with Gasteiger partial charge in [0.25, 0.3) is 5.91 Å². The predicted molar refractivity (Wildman–Crippen MR) is 99.4 cm³/mol. The molecule has 128 valence electrons. The number of fused-ring (bicyclic) bond motifs is 1. The molecule has 6 heteroatoms. The van der Waals surface area contributed by atoms with Crippen molar-refractivity contribution in [1.29, 1.82) is 0 Å². The minimum Gasteiger partial charge on any atom is -0.366 e. The second-order valence-electron chi connectivity index (χ2n) is 6.37. The molecule has 2 heterocycles. The van der Waals surface area contributed by atoms with E-state index in [4.69, 9.17) is 22.6 Å². The lowest BCUT2D eigenvalue weighted by atomic mass is 10.0. The highest BCUT2D eigenvalue weighted by Crippen LogP contribution is 2.35. The third kappa shape index (κ3) is 2.90. The zero-order chi connectivity index (χ0) is 17.4. The molecule has 25 heavy (non-hydrogen) atoms. The topological polar surface area (TPSA) is 64.2 Å². The standard InChI is InChI=1S/C19H19ClN4O/c20-23-11-9-14(10-12-23)24-18(13-5-2-1-3-6-13)15-7-4-8-16(19(21)25)17(15)22-24/h1-8,14H,9-12H2,(H2,21,25). The maximum atomic E-state index is 11.8. The monoisotopic (exact) mass is 354 g/mol. The van der Waals surface area contributed by atoms with Gasteiger partial charge in [-0.1, -0.05) is 42.5 Å². The smallest absolute Gasteiger partial charge is 0.250 e. The number of hydrogen-bond acceptors (Lipinski definition) is 3. The summed E-state index contributed by atoms with van der Waals surface area (Å²) in [6.07, 6.45) is 1.84. The van der Waals surface area contributed by atoms with E-state index in [9.17, 15) is 4.79 Å². The highest BCUT2D eigenvalue weighted by atomic mass is 35.5. The molecule has 0 spiro atoms. The first-order valence-electron chi connectivity index (χ1n) is 8.42. The van der Waals surface area contributed by atoms with Gasteiger partial charge in [0.15, 0.2) is 0 Å². The van der Waals surface area contributed by atoms with Crippen LogP contribution < -0.4 is 5.73 Å². The quantitative estimate of drug-likeness (QED) is 0.731. The Labute approximate surface area is 151 Å². The summed E-state index contributed by atoms with van der Waals surface area (Å²) in [5, 5.41) is 5.77. The van der Waals surface area contributed by atoms with E-state index >= 15 is 0 Å². The minimum absolute atomic E-state index is 0.248. The van der Waals surface area contributed by atoms with Crippen molar-refractivity contribution in [3.8, 4) is 11.3 Å². The van der Waals surface area contributed by atoms with Crippen molar-refractivity contribution in [2.75, 3.05) is 13.1 Å². The molecule has 1 fully saturated rings. The third-order valence-corrected chi connectivity index (χ3v) is 5.13. The van der Waals surface area contributed by atoms with Crippen LogP contribution in [-0.2, 0) is 0 Å². The Balaban J connectivity index is 1.94. The first-order valence-corrected chi connectivity index (χ1v) is 8.76. The van der Waals surface area contributed by atoms with E-state index in [1.54, 1.807) is 6.07 Å². The molecule has 0 saturated carbocycles. The van der Waals surface area contributed by atoms with Gasteiger partial charge < -0.3 is 5.73 Å². The maximum absolute atomic E-state index is 11.8. The Hall–Kier alpha value is -2.37. The Morgan fingerprint density at radius 3 is 2.48 bits per heavy atom. The number of carbonyl (C=O) groups excluding carboxylic acids is 1. The first kappa shape index (κ1) is 16.1. The van der Waals surface area contributed by atoms with Gasteiger partial charge >= 0.3 is 0 Å². The Morgan fingerprint density at radius 1 is 1.08 bits per heavy atom. The number of piperidine rings is 1. The number of benzene rings is 2. The van der Waals surface area contributed by atoms with Crippen molar-refractivity contribution in [1.82, 2.24) is 14.2 Å². The van der Waals surface area contributed by atoms with Gasteiger partial charge in [-0.25, -0.2) is 4.42 Å². The number of aromatic nitrogens is 2. The van der Waals surface area contributed by atoms with Gasteiger partial charge in [-0.05, 0) is 30.7 Å². The normalized spacial score (nSPS) is 16.4. The fourth-order valence-corrected chi connectivity index (χ4v) is 3.74. The molecule has 5 nitrogen and oxygen atoms in total. The van der Waals surface area contributed by atoms with Gasteiger partial charge in [-0.15, -0.1) is 0 Å². The van der Waals surface area contributed by atoms with E-state index < -0.39 is 5.91 Å². The summed E-state index contributed by atoms with van der Waals surface area (Å²) in [4.78, 5) is 11.8. The van der Waals surface area contributed by atoms with Crippen LogP contribution in [0.3, 0.4) is 0 Å². The lowest BCUT2D eigenvalue weighted by molar-refractivity contribution is 0.100. The number of amides is 1. The summed E-state index contributed by atoms with van der Waals surface area (Å²) in [5.41, 5.74) is 8.81. The fourth-order valence-electron chi connectivity index (χ4n) is 3.55. The van der Waals surface area contributed by atoms with Crippen LogP contribution in [0.15, 0.2) is 48.5 Å². The second kappa shape index (κ2) is 6.50. The molecule has 4 rings (SSSR count). The van der Waals surface area contributed by atoms with Crippen LogP contribution in [0.5, 0.6) is 0 Å². The molecule has 2 aromatic carbocycles. The number of carbonyl (C=O) groups is 1. The Morgan fingerprint density at radius 2 is 1.80 bits per heavy atom. The molecule has 1 aliphatic heterocycles. The average molecular weight is 355 g/mol. The SMILES string of the molecule is NC(=O)c1cccc2c(-c3ccccc3)n(C3CCN(Cl)CC3)nc12. The number of nitrogens with two attached hydrogens (primary N) is 1. The molecule has 0 radical (unpaired) electrons. The molecule has 1 aliphatic rings. The predicted octanol–water partition coefficient (Wildman–Crippen LogP) is 3.59. The van der Waals surface area contributed by atoms with Crippen molar-refractivity contribution in [2.45, 2.75) is 18.9 Å². The van der Waals surface area contributed by atoms with Crippen LogP contribution >= 0.6 is 11.8 Å². The van der Waals surface area contributed by atoms with Crippen molar-refractivity contribution in [3.63, 3.8) is 0 Å². The van der Waals surface area contributed by atoms with Crippen LogP contribution in [0.4, 0.5) is 0 Å². The molecule has 0 aliphatic carbocycles. The lowest BCUT2D eigenvalue weighted by Crippen LogP contribution is -2.29. The molecule has 1 amide bonds. The molecule has 1 saturated heterocycles. The van der Waals surface area contributed by atoms with E-state index in [0.29, 0.717) is 11.1 Å². The number of nitrogens with zero attached hydrogens (tertiary/aromatic N) is 3. The van der Waals surface area contributed by atoms with Crippen molar-refractivity contribution in [2.24, 2.45) is 5.73 Å². The summed E-state index contributed by atoms with van der Waals surface area (Å²) in [5.74, 6) is -0.453. The largest absolute Gasteiger partial charge is 0.366 e. The highest BCUT2D eigenvalue weighted by molar-refractivity contribution is 6.13. The first-order chi connectivity index (χ1) is 12.1. The Bertz CT molecular complexity index is 914. The van der Waals surface area contributed by atoms with E-state index in [0.717, 1.165) is 42.6 Å². The number of rotatable bonds is 3. The molecule has 1 aromatic heterocycles. The van der Waals surface area contributed by atoms with E-state index in [1.165, 1.54) is 0 Å². The van der Waals surface area contributed by atoms with Gasteiger partial charge in [-0.3, -0.25) is 9.48 Å². The molecular weight excluding hydrogens is 336 g/mol. The zero-order valence-electron chi connectivity index (χ0n) is 13.7. The van der Waals surface area contributed by atoms with Crippen LogP contribution in [0.25, 0.3) is 22.2 Å². The summed E-state index contributed by atoms with van der Waals surface area (Å²) in [7, 11) is 0. The number of primary amides is 1. The van der Waals surface area contributed by atoms with Gasteiger partial charge in [0.2, 0.25) is 0 Å². The highest BCUT2D eigenvalue weighted by Gasteiger charge is 2.25. The summed E-state index contributed by atoms with van der Waals surface area (Å²) in [6.45, 7) is 1.64. The van der Waals surface area contributed by atoms with Crippen molar-refractivity contribution >= 4 is 28.6 Å². The molecule has 0 bridgehead atoms. The van der Waals surface area contributed by atoms with Crippen LogP contribution in [0, 0.1) is 0 Å². The van der Waals surface area contributed by atoms with E-state index in [1.807, 2.05) is 34.8 Å². The molecule has 3 aromatic rings. The van der Waals surface area contributed by atoms with Crippen LogP contribution in [0.1, 0.15) is 29.2 Å². The number of hydrogen-bond donors (Lipinski definition) is 1. The zero-order valence-corrected chi connectivity index (χ0v) is 14.5. The average Bonchev–Trinajstić information content (AvgIpc) is 3.02. The van der Waals surface area contributed by atoms with E-state index in [-0.39, 0.29) is 6.04 Å². The van der Waals surface area contributed by atoms with Gasteiger partial charge in [-0.2, -0.15) is 5.10 Å². The number of halogens is 1. The molecule has 0 unspecified atom stereocenters. The van der Waals surface area contributed by atoms with Crippen molar-refractivity contribution < 1.29 is 4.79 Å². The molecule has 2 N–H and O–H groups in total. The fraction of sp³-hybridized carbons (Fsp3) is 0.263. The summed E-state index contributed by atoms with van der Waals surface area (Å²) in [6, 6.07) is 16.0. The van der Waals surface area contributed by atoms with Gasteiger partial charge in [0.05, 0.1) is 17.3 Å². The van der Waals surface area contributed by atoms with Crippen LogP contribution in [0.2, 0.25) is 0 Å². The summed E-state index contributed by atoms with van der Waals surface area (Å²) < 4.78 is 3.88. The lowest BCUT2D eigenvalue weighted by Gasteiger charge is -2.28. The van der Waals surface area contributed by atoms with Gasteiger partial charge in [0.1, 0.15) is 5.52 Å². The molecular formula is C19H19ClN4O.